The number of anilines is 1. The van der Waals surface area contributed by atoms with Crippen molar-refractivity contribution in [1.82, 2.24) is 10.3 Å². The van der Waals surface area contributed by atoms with Gasteiger partial charge in [-0.3, -0.25) is 9.78 Å². The number of benzene rings is 1. The van der Waals surface area contributed by atoms with Gasteiger partial charge in [-0.2, -0.15) is 0 Å². The van der Waals surface area contributed by atoms with Crippen LogP contribution in [0.25, 0.3) is 0 Å². The monoisotopic (exact) mass is 297 g/mol. The van der Waals surface area contributed by atoms with Gasteiger partial charge in [0.15, 0.2) is 0 Å². The van der Waals surface area contributed by atoms with Crippen molar-refractivity contribution in [2.75, 3.05) is 11.9 Å². The van der Waals surface area contributed by atoms with E-state index >= 15 is 0 Å². The highest BCUT2D eigenvalue weighted by Crippen LogP contribution is 2.23. The molecule has 0 aliphatic rings. The Morgan fingerprint density at radius 2 is 1.91 bits per heavy atom. The van der Waals surface area contributed by atoms with Gasteiger partial charge in [0, 0.05) is 24.8 Å². The second kappa shape index (κ2) is 8.17. The molecule has 0 spiro atoms. The predicted octanol–water partition coefficient (Wildman–Crippen LogP) is 3.32. The number of amides is 1. The highest BCUT2D eigenvalue weighted by molar-refractivity contribution is 5.76. The Hall–Kier alpha value is -2.36. The van der Waals surface area contributed by atoms with E-state index < -0.39 is 0 Å². The number of rotatable bonds is 7. The molecule has 116 valence electrons. The third kappa shape index (κ3) is 4.88. The van der Waals surface area contributed by atoms with Crippen molar-refractivity contribution in [2.45, 2.75) is 32.7 Å². The zero-order chi connectivity index (χ0) is 15.8. The van der Waals surface area contributed by atoms with E-state index in [0.29, 0.717) is 25.4 Å². The largest absolute Gasteiger partial charge is 0.384 e. The number of para-hydroxylation sites is 1. The van der Waals surface area contributed by atoms with Crippen LogP contribution in [0.15, 0.2) is 48.7 Å². The van der Waals surface area contributed by atoms with Crippen molar-refractivity contribution in [3.63, 3.8) is 0 Å². The van der Waals surface area contributed by atoms with Gasteiger partial charge in [0.1, 0.15) is 0 Å². The maximum Gasteiger partial charge on any atom is 0.222 e. The van der Waals surface area contributed by atoms with E-state index in [-0.39, 0.29) is 5.91 Å². The predicted molar refractivity (Wildman–Crippen MR) is 89.7 cm³/mol. The molecule has 2 aromatic rings. The van der Waals surface area contributed by atoms with E-state index in [4.69, 9.17) is 0 Å². The van der Waals surface area contributed by atoms with Crippen LogP contribution in [0.4, 0.5) is 5.69 Å². The minimum Gasteiger partial charge on any atom is -0.384 e. The van der Waals surface area contributed by atoms with Crippen molar-refractivity contribution < 1.29 is 4.79 Å². The summed E-state index contributed by atoms with van der Waals surface area (Å²) in [5.74, 6) is 0.488. The third-order valence-corrected chi connectivity index (χ3v) is 3.44. The number of nitrogens with one attached hydrogen (secondary N) is 2. The lowest BCUT2D eigenvalue weighted by molar-refractivity contribution is -0.121. The lowest BCUT2D eigenvalue weighted by Crippen LogP contribution is -2.25. The topological polar surface area (TPSA) is 54.0 Å². The Kier molecular flexibility index (Phi) is 5.95. The maximum absolute atomic E-state index is 11.8. The highest BCUT2D eigenvalue weighted by atomic mass is 16.1. The van der Waals surface area contributed by atoms with Gasteiger partial charge in [-0.05, 0) is 29.7 Å². The molecule has 0 fully saturated rings. The molecule has 2 rings (SSSR count). The van der Waals surface area contributed by atoms with Crippen molar-refractivity contribution in [2.24, 2.45) is 0 Å². The van der Waals surface area contributed by atoms with Crippen LogP contribution in [0.5, 0.6) is 0 Å². The highest BCUT2D eigenvalue weighted by Gasteiger charge is 2.06. The Bertz CT molecular complexity index is 596. The van der Waals surface area contributed by atoms with Gasteiger partial charge in [-0.25, -0.2) is 0 Å². The van der Waals surface area contributed by atoms with E-state index in [2.05, 4.69) is 41.6 Å². The summed E-state index contributed by atoms with van der Waals surface area (Å²) in [6.07, 6.45) is 2.17. The molecule has 0 saturated heterocycles. The molecule has 22 heavy (non-hydrogen) atoms. The van der Waals surface area contributed by atoms with Gasteiger partial charge in [0.25, 0.3) is 0 Å². The zero-order valence-corrected chi connectivity index (χ0v) is 13.2. The molecule has 0 radical (unpaired) electrons. The van der Waals surface area contributed by atoms with Gasteiger partial charge in [0.05, 0.1) is 12.2 Å². The van der Waals surface area contributed by atoms with Crippen molar-refractivity contribution in [3.8, 4) is 0 Å². The molecular formula is C18H23N3O. The lowest BCUT2D eigenvalue weighted by atomic mass is 10.0. The number of nitrogens with zero attached hydrogens (tertiary/aromatic N) is 1. The van der Waals surface area contributed by atoms with Crippen molar-refractivity contribution in [3.05, 3.63) is 59.9 Å². The second-order valence-corrected chi connectivity index (χ2v) is 5.52. The number of hydrogen-bond donors (Lipinski definition) is 2. The first-order chi connectivity index (χ1) is 10.7. The summed E-state index contributed by atoms with van der Waals surface area (Å²) >= 11 is 0. The van der Waals surface area contributed by atoms with Crippen molar-refractivity contribution >= 4 is 11.6 Å². The zero-order valence-electron chi connectivity index (χ0n) is 13.2. The molecule has 0 bridgehead atoms. The molecule has 4 heteroatoms. The van der Waals surface area contributed by atoms with Crippen LogP contribution >= 0.6 is 0 Å². The quantitative estimate of drug-likeness (QED) is 0.824. The smallest absolute Gasteiger partial charge is 0.222 e. The summed E-state index contributed by atoms with van der Waals surface area (Å²) in [6, 6.07) is 13.9. The van der Waals surface area contributed by atoms with Crippen LogP contribution in [0, 0.1) is 0 Å². The molecular weight excluding hydrogens is 274 g/mol. The van der Waals surface area contributed by atoms with Crippen LogP contribution in [0.3, 0.4) is 0 Å². The van der Waals surface area contributed by atoms with Gasteiger partial charge < -0.3 is 10.6 Å². The summed E-state index contributed by atoms with van der Waals surface area (Å²) in [5.41, 5.74) is 3.25. The van der Waals surface area contributed by atoms with Crippen LogP contribution < -0.4 is 10.6 Å². The number of aromatic nitrogens is 1. The molecule has 0 atom stereocenters. The number of carbonyl (C=O) groups excluding carboxylic acids is 1. The maximum atomic E-state index is 11.8. The molecule has 1 aromatic heterocycles. The molecule has 0 saturated carbocycles. The second-order valence-electron chi connectivity index (χ2n) is 5.52. The average Bonchev–Trinajstić information content (AvgIpc) is 2.54. The van der Waals surface area contributed by atoms with Gasteiger partial charge >= 0.3 is 0 Å². The molecule has 1 amide bonds. The molecule has 4 nitrogen and oxygen atoms in total. The molecule has 2 N–H and O–H groups in total. The summed E-state index contributed by atoms with van der Waals surface area (Å²) in [4.78, 5) is 16.0. The third-order valence-electron chi connectivity index (χ3n) is 3.44. The SMILES string of the molecule is CC(C)c1ccccc1NCCC(=O)NCc1ccccn1. The molecule has 0 aliphatic carbocycles. The van der Waals surface area contributed by atoms with E-state index in [0.717, 1.165) is 11.4 Å². The molecule has 1 aromatic carbocycles. The van der Waals surface area contributed by atoms with E-state index in [1.165, 1.54) is 5.56 Å². The van der Waals surface area contributed by atoms with Crippen LogP contribution in [0.2, 0.25) is 0 Å². The van der Waals surface area contributed by atoms with Gasteiger partial charge in [-0.1, -0.05) is 38.1 Å². The fraction of sp³-hybridized carbons (Fsp3) is 0.333. The number of pyridine rings is 1. The Morgan fingerprint density at radius 1 is 1.14 bits per heavy atom. The average molecular weight is 297 g/mol. The number of carbonyl (C=O) groups is 1. The van der Waals surface area contributed by atoms with E-state index in [1.807, 2.05) is 30.3 Å². The summed E-state index contributed by atoms with van der Waals surface area (Å²) in [7, 11) is 0. The molecule has 1 heterocycles. The van der Waals surface area contributed by atoms with Crippen molar-refractivity contribution in [1.29, 1.82) is 0 Å². The minimum absolute atomic E-state index is 0.0279. The van der Waals surface area contributed by atoms with Gasteiger partial charge in [0.2, 0.25) is 5.91 Å². The normalized spacial score (nSPS) is 10.5. The van der Waals surface area contributed by atoms with E-state index in [1.54, 1.807) is 6.20 Å². The Labute approximate surface area is 132 Å². The minimum atomic E-state index is 0.0279. The summed E-state index contributed by atoms with van der Waals surface area (Å²) in [6.45, 7) is 5.43. The Balaban J connectivity index is 1.75. The first-order valence-electron chi connectivity index (χ1n) is 7.66. The first kappa shape index (κ1) is 16.0. The lowest BCUT2D eigenvalue weighted by Gasteiger charge is -2.14. The fourth-order valence-electron chi connectivity index (χ4n) is 2.25. The van der Waals surface area contributed by atoms with Crippen LogP contribution in [-0.4, -0.2) is 17.4 Å². The number of hydrogen-bond acceptors (Lipinski definition) is 3. The van der Waals surface area contributed by atoms with E-state index in [9.17, 15) is 4.79 Å². The van der Waals surface area contributed by atoms with Crippen LogP contribution in [0.1, 0.15) is 37.4 Å². The molecule has 0 unspecified atom stereocenters. The summed E-state index contributed by atoms with van der Waals surface area (Å²) < 4.78 is 0. The van der Waals surface area contributed by atoms with Crippen LogP contribution in [-0.2, 0) is 11.3 Å². The van der Waals surface area contributed by atoms with Gasteiger partial charge in [-0.15, -0.1) is 0 Å². The Morgan fingerprint density at radius 3 is 2.64 bits per heavy atom. The standard InChI is InChI=1S/C18H23N3O/c1-14(2)16-8-3-4-9-17(16)20-12-10-18(22)21-13-15-7-5-6-11-19-15/h3-9,11,14,20H,10,12-13H2,1-2H3,(H,21,22). The fourth-order valence-corrected chi connectivity index (χ4v) is 2.25. The first-order valence-corrected chi connectivity index (χ1v) is 7.66. The molecule has 0 aliphatic heterocycles. The summed E-state index contributed by atoms with van der Waals surface area (Å²) in [5, 5.41) is 6.23.